The first kappa shape index (κ1) is 18.1. The molecule has 1 N–H and O–H groups in total. The Bertz CT molecular complexity index is 698. The third-order valence-corrected chi connectivity index (χ3v) is 5.41. The average Bonchev–Trinajstić information content (AvgIpc) is 3.01. The Morgan fingerprint density at radius 2 is 2.20 bits per heavy atom. The van der Waals surface area contributed by atoms with Gasteiger partial charge in [0.1, 0.15) is 5.82 Å². The van der Waals surface area contributed by atoms with Crippen molar-refractivity contribution in [1.29, 1.82) is 0 Å². The number of ether oxygens (including phenoxy) is 2. The maximum absolute atomic E-state index is 5.85. The van der Waals surface area contributed by atoms with Gasteiger partial charge in [-0.05, 0) is 44.0 Å². The molecule has 0 spiro atoms. The second-order valence-electron chi connectivity index (χ2n) is 6.29. The maximum atomic E-state index is 5.85. The zero-order valence-corrected chi connectivity index (χ0v) is 15.9. The van der Waals surface area contributed by atoms with E-state index in [9.17, 15) is 0 Å². The molecule has 1 atom stereocenters. The SMILES string of the molecule is COc1cc(C)ccc1OCCSc1nnc([C@@H]2CCCNC2)n1C. The molecule has 7 heteroatoms. The Hall–Kier alpha value is -1.73. The third kappa shape index (κ3) is 4.46. The van der Waals surface area contributed by atoms with Crippen molar-refractivity contribution in [3.63, 3.8) is 0 Å². The van der Waals surface area contributed by atoms with Crippen molar-refractivity contribution in [2.24, 2.45) is 7.05 Å². The van der Waals surface area contributed by atoms with Gasteiger partial charge in [-0.2, -0.15) is 0 Å². The van der Waals surface area contributed by atoms with E-state index in [4.69, 9.17) is 9.47 Å². The van der Waals surface area contributed by atoms with E-state index < -0.39 is 0 Å². The van der Waals surface area contributed by atoms with E-state index in [1.54, 1.807) is 18.9 Å². The smallest absolute Gasteiger partial charge is 0.191 e. The predicted molar refractivity (Wildman–Crippen MR) is 99.8 cm³/mol. The van der Waals surface area contributed by atoms with Crippen LogP contribution in [0.5, 0.6) is 11.5 Å². The first-order valence-electron chi connectivity index (χ1n) is 8.69. The Balaban J connectivity index is 1.52. The predicted octanol–water partition coefficient (Wildman–Crippen LogP) is 2.77. The van der Waals surface area contributed by atoms with Crippen LogP contribution < -0.4 is 14.8 Å². The lowest BCUT2D eigenvalue weighted by molar-refractivity contribution is 0.313. The molecule has 1 fully saturated rings. The van der Waals surface area contributed by atoms with E-state index in [0.717, 1.165) is 46.9 Å². The summed E-state index contributed by atoms with van der Waals surface area (Å²) in [4.78, 5) is 0. The number of rotatable bonds is 7. The van der Waals surface area contributed by atoms with Crippen LogP contribution in [0.15, 0.2) is 23.4 Å². The summed E-state index contributed by atoms with van der Waals surface area (Å²) >= 11 is 1.67. The summed E-state index contributed by atoms with van der Waals surface area (Å²) in [6.07, 6.45) is 2.38. The highest BCUT2D eigenvalue weighted by Crippen LogP contribution is 2.28. The molecule has 0 amide bonds. The standard InChI is InChI=1S/C18H26N4O2S/c1-13-6-7-15(16(11-13)23-3)24-9-10-25-18-21-20-17(22(18)2)14-5-4-8-19-12-14/h6-7,11,14,19H,4-5,8-10,12H2,1-3H3/t14-/m1/s1. The van der Waals surface area contributed by atoms with Crippen LogP contribution in [-0.4, -0.2) is 47.3 Å². The van der Waals surface area contributed by atoms with Crippen LogP contribution in [0.4, 0.5) is 0 Å². The van der Waals surface area contributed by atoms with Crippen LogP contribution in [-0.2, 0) is 7.05 Å². The van der Waals surface area contributed by atoms with Crippen molar-refractivity contribution in [1.82, 2.24) is 20.1 Å². The van der Waals surface area contributed by atoms with E-state index in [-0.39, 0.29) is 0 Å². The van der Waals surface area contributed by atoms with Crippen molar-refractivity contribution in [2.75, 3.05) is 32.6 Å². The number of piperidine rings is 1. The van der Waals surface area contributed by atoms with Gasteiger partial charge in [0, 0.05) is 25.3 Å². The van der Waals surface area contributed by atoms with Crippen LogP contribution in [0, 0.1) is 6.92 Å². The number of aromatic nitrogens is 3. The van der Waals surface area contributed by atoms with Crippen LogP contribution in [0.2, 0.25) is 0 Å². The lowest BCUT2D eigenvalue weighted by atomic mass is 9.99. The summed E-state index contributed by atoms with van der Waals surface area (Å²) in [7, 11) is 3.72. The summed E-state index contributed by atoms with van der Waals surface area (Å²) in [5.41, 5.74) is 1.15. The van der Waals surface area contributed by atoms with Crippen molar-refractivity contribution in [3.05, 3.63) is 29.6 Å². The Morgan fingerprint density at radius 3 is 2.96 bits per heavy atom. The lowest BCUT2D eigenvalue weighted by Gasteiger charge is -2.21. The highest BCUT2D eigenvalue weighted by atomic mass is 32.2. The molecule has 3 rings (SSSR count). The molecule has 0 radical (unpaired) electrons. The van der Waals surface area contributed by atoms with Crippen molar-refractivity contribution in [2.45, 2.75) is 30.8 Å². The van der Waals surface area contributed by atoms with Crippen molar-refractivity contribution in [3.8, 4) is 11.5 Å². The third-order valence-electron chi connectivity index (χ3n) is 4.42. The van der Waals surface area contributed by atoms with E-state index in [2.05, 4.69) is 27.1 Å². The summed E-state index contributed by atoms with van der Waals surface area (Å²) in [5.74, 6) is 3.91. The average molecular weight is 362 g/mol. The van der Waals surface area contributed by atoms with Gasteiger partial charge >= 0.3 is 0 Å². The molecule has 0 saturated carbocycles. The van der Waals surface area contributed by atoms with Gasteiger partial charge in [-0.25, -0.2) is 0 Å². The monoisotopic (exact) mass is 362 g/mol. The van der Waals surface area contributed by atoms with Crippen LogP contribution in [0.1, 0.15) is 30.1 Å². The molecule has 1 saturated heterocycles. The molecule has 0 aliphatic carbocycles. The van der Waals surface area contributed by atoms with Crippen LogP contribution in [0.25, 0.3) is 0 Å². The van der Waals surface area contributed by atoms with Gasteiger partial charge in [-0.1, -0.05) is 17.8 Å². The van der Waals surface area contributed by atoms with Gasteiger partial charge < -0.3 is 19.4 Å². The molecule has 1 aliphatic rings. The first-order chi connectivity index (χ1) is 12.2. The Kier molecular flexibility index (Phi) is 6.20. The summed E-state index contributed by atoms with van der Waals surface area (Å²) < 4.78 is 13.3. The molecule has 2 heterocycles. The molecule has 1 aromatic heterocycles. The fourth-order valence-electron chi connectivity index (χ4n) is 3.06. The minimum Gasteiger partial charge on any atom is -0.493 e. The second kappa shape index (κ2) is 8.58. The molecule has 136 valence electrons. The zero-order chi connectivity index (χ0) is 17.6. The zero-order valence-electron chi connectivity index (χ0n) is 15.1. The largest absolute Gasteiger partial charge is 0.493 e. The highest BCUT2D eigenvalue weighted by molar-refractivity contribution is 7.99. The number of hydrogen-bond acceptors (Lipinski definition) is 6. The topological polar surface area (TPSA) is 61.2 Å². The molecule has 0 unspecified atom stereocenters. The van der Waals surface area contributed by atoms with Gasteiger partial charge in [0.15, 0.2) is 16.7 Å². The van der Waals surface area contributed by atoms with Gasteiger partial charge in [-0.3, -0.25) is 0 Å². The second-order valence-corrected chi connectivity index (χ2v) is 7.36. The molecule has 6 nitrogen and oxygen atoms in total. The number of benzene rings is 1. The summed E-state index contributed by atoms with van der Waals surface area (Å²) in [6, 6.07) is 5.96. The lowest BCUT2D eigenvalue weighted by Crippen LogP contribution is -2.29. The van der Waals surface area contributed by atoms with Gasteiger partial charge in [0.25, 0.3) is 0 Å². The molecule has 2 aromatic rings. The summed E-state index contributed by atoms with van der Waals surface area (Å²) in [5, 5.41) is 13.1. The number of aryl methyl sites for hydroxylation is 1. The van der Waals surface area contributed by atoms with Gasteiger partial charge in [0.2, 0.25) is 0 Å². The van der Waals surface area contributed by atoms with Crippen molar-refractivity contribution < 1.29 is 9.47 Å². The first-order valence-corrected chi connectivity index (χ1v) is 9.68. The fraction of sp³-hybridized carbons (Fsp3) is 0.556. The van der Waals surface area contributed by atoms with E-state index in [0.29, 0.717) is 12.5 Å². The number of thioether (sulfide) groups is 1. The van der Waals surface area contributed by atoms with E-state index >= 15 is 0 Å². The van der Waals surface area contributed by atoms with E-state index in [1.165, 1.54) is 12.8 Å². The molecule has 1 aromatic carbocycles. The van der Waals surface area contributed by atoms with Crippen molar-refractivity contribution >= 4 is 11.8 Å². The Labute approximate surface area is 153 Å². The minimum atomic E-state index is 0.466. The quantitative estimate of drug-likeness (QED) is 0.604. The molecule has 25 heavy (non-hydrogen) atoms. The molecular weight excluding hydrogens is 336 g/mol. The molecule has 0 bridgehead atoms. The molecular formula is C18H26N4O2S. The molecule has 1 aliphatic heterocycles. The number of hydrogen-bond donors (Lipinski definition) is 1. The maximum Gasteiger partial charge on any atom is 0.191 e. The number of nitrogens with one attached hydrogen (secondary N) is 1. The fourth-order valence-corrected chi connectivity index (χ4v) is 3.79. The van der Waals surface area contributed by atoms with Gasteiger partial charge in [0.05, 0.1) is 13.7 Å². The normalized spacial score (nSPS) is 17.5. The van der Waals surface area contributed by atoms with E-state index in [1.807, 2.05) is 25.1 Å². The van der Waals surface area contributed by atoms with Crippen LogP contribution >= 0.6 is 11.8 Å². The minimum absolute atomic E-state index is 0.466. The summed E-state index contributed by atoms with van der Waals surface area (Å²) in [6.45, 7) is 4.73. The van der Waals surface area contributed by atoms with Crippen LogP contribution in [0.3, 0.4) is 0 Å². The van der Waals surface area contributed by atoms with Gasteiger partial charge in [-0.15, -0.1) is 10.2 Å². The number of methoxy groups -OCH3 is 1. The highest BCUT2D eigenvalue weighted by Gasteiger charge is 2.21. The number of nitrogens with zero attached hydrogens (tertiary/aromatic N) is 3. The Morgan fingerprint density at radius 1 is 1.32 bits per heavy atom.